The van der Waals surface area contributed by atoms with Gasteiger partial charge < -0.3 is 10.4 Å². The number of rotatable bonds is 5. The molecular formula is C13H17N3O2. The number of nitrogens with zero attached hydrogens (tertiary/aromatic N) is 2. The van der Waals surface area contributed by atoms with E-state index in [0.29, 0.717) is 17.7 Å². The fourth-order valence-electron chi connectivity index (χ4n) is 2.42. The Bertz CT molecular complexity index is 469. The molecule has 0 saturated heterocycles. The Kier molecular flexibility index (Phi) is 2.69. The van der Waals surface area contributed by atoms with Gasteiger partial charge in [-0.3, -0.25) is 0 Å². The van der Waals surface area contributed by atoms with Crippen LogP contribution in [-0.4, -0.2) is 27.1 Å². The summed E-state index contributed by atoms with van der Waals surface area (Å²) in [5.41, 5.74) is 0.755. The van der Waals surface area contributed by atoms with E-state index in [9.17, 15) is 4.79 Å². The molecule has 0 aromatic carbocycles. The van der Waals surface area contributed by atoms with Gasteiger partial charge in [-0.15, -0.1) is 0 Å². The van der Waals surface area contributed by atoms with Crippen molar-refractivity contribution in [1.82, 2.24) is 9.97 Å². The molecule has 1 aromatic rings. The average molecular weight is 247 g/mol. The lowest BCUT2D eigenvalue weighted by atomic mass is 10.1. The second-order valence-electron chi connectivity index (χ2n) is 5.37. The van der Waals surface area contributed by atoms with Crippen LogP contribution in [0.3, 0.4) is 0 Å². The molecule has 0 atom stereocenters. The van der Waals surface area contributed by atoms with Gasteiger partial charge in [0.2, 0.25) is 5.95 Å². The second kappa shape index (κ2) is 4.23. The maximum Gasteiger partial charge on any atom is 0.354 e. The maximum atomic E-state index is 11.0. The first-order valence-electron chi connectivity index (χ1n) is 6.49. The lowest BCUT2D eigenvalue weighted by Gasteiger charge is -2.17. The van der Waals surface area contributed by atoms with Crippen LogP contribution in [0, 0.1) is 18.8 Å². The number of hydrogen-bond donors (Lipinski definition) is 2. The summed E-state index contributed by atoms with van der Waals surface area (Å²) in [6, 6.07) is 1.94. The largest absolute Gasteiger partial charge is 0.477 e. The van der Waals surface area contributed by atoms with Crippen LogP contribution in [0.4, 0.5) is 5.95 Å². The number of aromatic carboxylic acids is 1. The monoisotopic (exact) mass is 247 g/mol. The van der Waals surface area contributed by atoms with Gasteiger partial charge in [0.15, 0.2) is 5.69 Å². The average Bonchev–Trinajstić information content (AvgIpc) is 3.16. The Morgan fingerprint density at radius 1 is 1.33 bits per heavy atom. The van der Waals surface area contributed by atoms with E-state index in [2.05, 4.69) is 15.3 Å². The lowest BCUT2D eigenvalue weighted by molar-refractivity contribution is 0.0690. The van der Waals surface area contributed by atoms with E-state index in [1.54, 1.807) is 6.92 Å². The summed E-state index contributed by atoms with van der Waals surface area (Å²) < 4.78 is 0. The van der Waals surface area contributed by atoms with Crippen molar-refractivity contribution in [2.45, 2.75) is 38.6 Å². The Labute approximate surface area is 106 Å². The highest BCUT2D eigenvalue weighted by atomic mass is 16.4. The van der Waals surface area contributed by atoms with Gasteiger partial charge in [-0.2, -0.15) is 0 Å². The zero-order valence-corrected chi connectivity index (χ0v) is 10.4. The van der Waals surface area contributed by atoms with Crippen LogP contribution in [0.2, 0.25) is 0 Å². The Hall–Kier alpha value is -1.65. The maximum absolute atomic E-state index is 11.0. The van der Waals surface area contributed by atoms with E-state index in [4.69, 9.17) is 5.11 Å². The van der Waals surface area contributed by atoms with Gasteiger partial charge in [-0.05, 0) is 50.5 Å². The number of carboxylic acids is 1. The van der Waals surface area contributed by atoms with Crippen LogP contribution < -0.4 is 5.32 Å². The molecule has 2 saturated carbocycles. The summed E-state index contributed by atoms with van der Waals surface area (Å²) in [4.78, 5) is 19.3. The highest BCUT2D eigenvalue weighted by Gasteiger charge is 2.41. The van der Waals surface area contributed by atoms with Crippen LogP contribution >= 0.6 is 0 Å². The minimum atomic E-state index is -1.00. The fourth-order valence-corrected chi connectivity index (χ4v) is 2.42. The second-order valence-corrected chi connectivity index (χ2v) is 5.37. The minimum absolute atomic E-state index is 0.0651. The summed E-state index contributed by atoms with van der Waals surface area (Å²) in [5, 5.41) is 12.3. The predicted molar refractivity (Wildman–Crippen MR) is 66.6 cm³/mol. The number of carbonyl (C=O) groups is 1. The van der Waals surface area contributed by atoms with Crippen LogP contribution in [0.25, 0.3) is 0 Å². The summed E-state index contributed by atoms with van der Waals surface area (Å²) in [7, 11) is 0. The van der Waals surface area contributed by atoms with Crippen molar-refractivity contribution in [3.05, 3.63) is 17.5 Å². The van der Waals surface area contributed by atoms with Gasteiger partial charge in [-0.1, -0.05) is 0 Å². The van der Waals surface area contributed by atoms with Crippen molar-refractivity contribution in [2.75, 3.05) is 5.32 Å². The third-order valence-electron chi connectivity index (χ3n) is 3.63. The van der Waals surface area contributed by atoms with Gasteiger partial charge in [-0.25, -0.2) is 14.8 Å². The molecule has 2 aliphatic carbocycles. The van der Waals surface area contributed by atoms with Gasteiger partial charge in [0, 0.05) is 11.7 Å². The summed E-state index contributed by atoms with van der Waals surface area (Å²) in [6.07, 6.45) is 5.08. The van der Waals surface area contributed by atoms with E-state index in [1.165, 1.54) is 31.7 Å². The molecule has 0 spiro atoms. The highest BCUT2D eigenvalue weighted by molar-refractivity contribution is 5.85. The van der Waals surface area contributed by atoms with E-state index >= 15 is 0 Å². The number of nitrogens with one attached hydrogen (secondary N) is 1. The summed E-state index contributed by atoms with van der Waals surface area (Å²) in [5.74, 6) is 0.930. The summed E-state index contributed by atoms with van der Waals surface area (Å²) >= 11 is 0. The van der Waals surface area contributed by atoms with Crippen molar-refractivity contribution in [1.29, 1.82) is 0 Å². The SMILES string of the molecule is Cc1cc(C(=O)O)nc(NC(C2CC2)C2CC2)n1. The summed E-state index contributed by atoms with van der Waals surface area (Å²) in [6.45, 7) is 1.79. The first-order valence-corrected chi connectivity index (χ1v) is 6.49. The molecule has 5 heteroatoms. The van der Waals surface area contributed by atoms with Crippen molar-refractivity contribution in [3.8, 4) is 0 Å². The third kappa shape index (κ3) is 2.44. The molecule has 2 fully saturated rings. The molecule has 0 aliphatic heterocycles. The molecule has 5 nitrogen and oxygen atoms in total. The number of carboxylic acid groups (broad SMARTS) is 1. The predicted octanol–water partition coefficient (Wildman–Crippen LogP) is 2.08. The van der Waals surface area contributed by atoms with Crippen molar-refractivity contribution < 1.29 is 9.90 Å². The number of anilines is 1. The van der Waals surface area contributed by atoms with Gasteiger partial charge >= 0.3 is 5.97 Å². The van der Waals surface area contributed by atoms with Crippen molar-refractivity contribution >= 4 is 11.9 Å². The van der Waals surface area contributed by atoms with E-state index in [0.717, 1.165) is 11.8 Å². The Balaban J connectivity index is 1.80. The smallest absolute Gasteiger partial charge is 0.354 e. The molecule has 2 aliphatic rings. The lowest BCUT2D eigenvalue weighted by Crippen LogP contribution is -2.26. The van der Waals surface area contributed by atoms with Crippen molar-refractivity contribution in [2.24, 2.45) is 11.8 Å². The fraction of sp³-hybridized carbons (Fsp3) is 0.615. The molecule has 0 radical (unpaired) electrons. The number of aryl methyl sites for hydroxylation is 1. The molecule has 0 unspecified atom stereocenters. The van der Waals surface area contributed by atoms with Gasteiger partial charge in [0.1, 0.15) is 0 Å². The third-order valence-corrected chi connectivity index (χ3v) is 3.63. The number of aromatic nitrogens is 2. The van der Waals surface area contributed by atoms with Gasteiger partial charge in [0.05, 0.1) is 0 Å². The minimum Gasteiger partial charge on any atom is -0.477 e. The van der Waals surface area contributed by atoms with Crippen LogP contribution in [-0.2, 0) is 0 Å². The molecule has 3 rings (SSSR count). The topological polar surface area (TPSA) is 75.1 Å². The van der Waals surface area contributed by atoms with E-state index in [1.807, 2.05) is 0 Å². The van der Waals surface area contributed by atoms with Crippen LogP contribution in [0.1, 0.15) is 41.9 Å². The molecule has 0 amide bonds. The van der Waals surface area contributed by atoms with E-state index in [-0.39, 0.29) is 5.69 Å². The number of hydrogen-bond acceptors (Lipinski definition) is 4. The van der Waals surface area contributed by atoms with Crippen LogP contribution in [0.5, 0.6) is 0 Å². The highest BCUT2D eigenvalue weighted by Crippen LogP contribution is 2.45. The van der Waals surface area contributed by atoms with Crippen LogP contribution in [0.15, 0.2) is 6.07 Å². The Morgan fingerprint density at radius 3 is 2.44 bits per heavy atom. The zero-order chi connectivity index (χ0) is 12.7. The van der Waals surface area contributed by atoms with Gasteiger partial charge in [0.25, 0.3) is 0 Å². The standard InChI is InChI=1S/C13H17N3O2/c1-7-6-10(12(17)18)15-13(14-7)16-11(8-2-3-8)9-4-5-9/h6,8-9,11H,2-5H2,1H3,(H,17,18)(H,14,15,16). The molecule has 1 aromatic heterocycles. The van der Waals surface area contributed by atoms with Crippen molar-refractivity contribution in [3.63, 3.8) is 0 Å². The molecule has 96 valence electrons. The molecule has 18 heavy (non-hydrogen) atoms. The Morgan fingerprint density at radius 2 is 1.94 bits per heavy atom. The normalized spacial score (nSPS) is 19.0. The first-order chi connectivity index (χ1) is 8.63. The molecule has 1 heterocycles. The zero-order valence-electron chi connectivity index (χ0n) is 10.4. The first kappa shape index (κ1) is 11.4. The molecule has 0 bridgehead atoms. The molecular weight excluding hydrogens is 230 g/mol. The van der Waals surface area contributed by atoms with E-state index < -0.39 is 5.97 Å². The quantitative estimate of drug-likeness (QED) is 0.833. The molecule has 2 N–H and O–H groups in total.